The Kier molecular flexibility index (Phi) is 2.36. The smallest absolute Gasteiger partial charge is 0.0723 e. The lowest BCUT2D eigenvalue weighted by molar-refractivity contribution is 1.34. The summed E-state index contributed by atoms with van der Waals surface area (Å²) >= 11 is 0. The third-order valence-electron chi connectivity index (χ3n) is 3.74. The summed E-state index contributed by atoms with van der Waals surface area (Å²) in [5.41, 5.74) is 5.71. The third kappa shape index (κ3) is 1.69. The minimum Gasteiger partial charge on any atom is -0.354 e. The summed E-state index contributed by atoms with van der Waals surface area (Å²) < 4.78 is 0. The minimum atomic E-state index is 1.00. The van der Waals surface area contributed by atoms with Crippen LogP contribution in [0.2, 0.25) is 0 Å². The number of nitrogens with zero attached hydrogens (tertiary/aromatic N) is 1. The molecule has 0 saturated heterocycles. The van der Waals surface area contributed by atoms with Gasteiger partial charge in [-0.05, 0) is 19.1 Å². The molecular formula is C18H14N2. The molecule has 0 bridgehead atoms. The fraction of sp³-hybridized carbons (Fsp3) is 0.0556. The molecule has 0 amide bonds. The highest BCUT2D eigenvalue weighted by Gasteiger charge is 2.06. The number of nitrogens with one attached hydrogen (secondary N) is 1. The summed E-state index contributed by atoms with van der Waals surface area (Å²) in [7, 11) is 0. The molecule has 0 fully saturated rings. The summed E-state index contributed by atoms with van der Waals surface area (Å²) in [5, 5.41) is 2.40. The molecule has 4 rings (SSSR count). The molecule has 1 N–H and O–H groups in total. The lowest BCUT2D eigenvalue weighted by atomic mass is 10.1. The van der Waals surface area contributed by atoms with Gasteiger partial charge in [0, 0.05) is 28.0 Å². The third-order valence-corrected chi connectivity index (χ3v) is 3.74. The molecule has 0 unspecified atom stereocenters. The average molecular weight is 258 g/mol. The Labute approximate surface area is 117 Å². The Balaban J connectivity index is 1.94. The van der Waals surface area contributed by atoms with Crippen LogP contribution >= 0.6 is 0 Å². The SMILES string of the molecule is Cc1ccc(-c2cc3[nH]c4ccccc4c3cn2)cc1. The highest BCUT2D eigenvalue weighted by Crippen LogP contribution is 2.27. The van der Waals surface area contributed by atoms with Crippen molar-refractivity contribution in [2.75, 3.05) is 0 Å². The highest BCUT2D eigenvalue weighted by molar-refractivity contribution is 6.07. The molecule has 96 valence electrons. The second-order valence-corrected chi connectivity index (χ2v) is 5.15. The Morgan fingerprint density at radius 1 is 0.850 bits per heavy atom. The van der Waals surface area contributed by atoms with E-state index in [0.717, 1.165) is 22.3 Å². The van der Waals surface area contributed by atoms with Crippen molar-refractivity contribution in [1.82, 2.24) is 9.97 Å². The first-order chi connectivity index (χ1) is 9.81. The van der Waals surface area contributed by atoms with Crippen LogP contribution in [0.5, 0.6) is 0 Å². The number of aryl methyl sites for hydroxylation is 1. The van der Waals surface area contributed by atoms with Crippen molar-refractivity contribution in [1.29, 1.82) is 0 Å². The van der Waals surface area contributed by atoms with Crippen molar-refractivity contribution in [3.8, 4) is 11.3 Å². The molecule has 2 aromatic heterocycles. The van der Waals surface area contributed by atoms with E-state index in [1.165, 1.54) is 16.3 Å². The number of para-hydroxylation sites is 1. The van der Waals surface area contributed by atoms with Gasteiger partial charge in [-0.15, -0.1) is 0 Å². The maximum atomic E-state index is 4.61. The molecule has 20 heavy (non-hydrogen) atoms. The zero-order valence-corrected chi connectivity index (χ0v) is 11.2. The first-order valence-electron chi connectivity index (χ1n) is 6.75. The van der Waals surface area contributed by atoms with E-state index in [2.05, 4.69) is 65.4 Å². The van der Waals surface area contributed by atoms with Crippen LogP contribution in [-0.2, 0) is 0 Å². The van der Waals surface area contributed by atoms with Crippen molar-refractivity contribution in [3.05, 3.63) is 66.4 Å². The Morgan fingerprint density at radius 2 is 1.65 bits per heavy atom. The van der Waals surface area contributed by atoms with Crippen molar-refractivity contribution in [3.63, 3.8) is 0 Å². The average Bonchev–Trinajstić information content (AvgIpc) is 2.85. The number of hydrogen-bond donors (Lipinski definition) is 1. The number of H-pyrrole nitrogens is 1. The number of benzene rings is 2. The summed E-state index contributed by atoms with van der Waals surface area (Å²) in [5.74, 6) is 0. The number of fused-ring (bicyclic) bond motifs is 3. The van der Waals surface area contributed by atoms with Crippen LogP contribution in [0.25, 0.3) is 33.1 Å². The molecule has 0 aliphatic carbocycles. The van der Waals surface area contributed by atoms with Crippen LogP contribution in [-0.4, -0.2) is 9.97 Å². The topological polar surface area (TPSA) is 28.7 Å². The second kappa shape index (κ2) is 4.20. The maximum Gasteiger partial charge on any atom is 0.0723 e. The van der Waals surface area contributed by atoms with Gasteiger partial charge < -0.3 is 4.98 Å². The van der Waals surface area contributed by atoms with E-state index in [-0.39, 0.29) is 0 Å². The van der Waals surface area contributed by atoms with Crippen LogP contribution in [0.15, 0.2) is 60.8 Å². The van der Waals surface area contributed by atoms with E-state index in [0.29, 0.717) is 0 Å². The second-order valence-electron chi connectivity index (χ2n) is 5.15. The van der Waals surface area contributed by atoms with Gasteiger partial charge in [-0.2, -0.15) is 0 Å². The van der Waals surface area contributed by atoms with Gasteiger partial charge in [0.05, 0.1) is 11.2 Å². The van der Waals surface area contributed by atoms with E-state index in [1.807, 2.05) is 12.3 Å². The van der Waals surface area contributed by atoms with Gasteiger partial charge in [-0.1, -0.05) is 48.0 Å². The van der Waals surface area contributed by atoms with Crippen LogP contribution < -0.4 is 0 Å². The Hall–Kier alpha value is -2.61. The molecule has 2 heteroatoms. The van der Waals surface area contributed by atoms with Gasteiger partial charge in [0.2, 0.25) is 0 Å². The van der Waals surface area contributed by atoms with E-state index in [1.54, 1.807) is 0 Å². The van der Waals surface area contributed by atoms with Crippen LogP contribution in [0.1, 0.15) is 5.56 Å². The lowest BCUT2D eigenvalue weighted by Gasteiger charge is -2.01. The van der Waals surface area contributed by atoms with E-state index < -0.39 is 0 Å². The first kappa shape index (κ1) is 11.2. The van der Waals surface area contributed by atoms with Gasteiger partial charge in [-0.25, -0.2) is 0 Å². The molecule has 0 aliphatic rings. The zero-order valence-electron chi connectivity index (χ0n) is 11.2. The molecule has 0 saturated carbocycles. The van der Waals surface area contributed by atoms with Crippen molar-refractivity contribution in [2.45, 2.75) is 6.92 Å². The summed E-state index contributed by atoms with van der Waals surface area (Å²) in [4.78, 5) is 8.07. The summed E-state index contributed by atoms with van der Waals surface area (Å²) in [6.07, 6.45) is 1.96. The predicted molar refractivity (Wildman–Crippen MR) is 83.8 cm³/mol. The molecular weight excluding hydrogens is 244 g/mol. The standard InChI is InChI=1S/C18H14N2/c1-12-6-8-13(9-7-12)17-10-18-15(11-19-17)14-4-2-3-5-16(14)20-18/h2-11,20H,1H3. The van der Waals surface area contributed by atoms with Gasteiger partial charge in [0.25, 0.3) is 0 Å². The monoisotopic (exact) mass is 258 g/mol. The van der Waals surface area contributed by atoms with Crippen LogP contribution in [0, 0.1) is 6.92 Å². The molecule has 0 radical (unpaired) electrons. The zero-order chi connectivity index (χ0) is 13.5. The maximum absolute atomic E-state index is 4.61. The van der Waals surface area contributed by atoms with Crippen LogP contribution in [0.3, 0.4) is 0 Å². The van der Waals surface area contributed by atoms with Gasteiger partial charge >= 0.3 is 0 Å². The fourth-order valence-electron chi connectivity index (χ4n) is 2.63. The largest absolute Gasteiger partial charge is 0.354 e. The summed E-state index contributed by atoms with van der Waals surface area (Å²) in [6.45, 7) is 2.10. The van der Waals surface area contributed by atoms with E-state index >= 15 is 0 Å². The number of aromatic nitrogens is 2. The molecule has 0 spiro atoms. The number of aromatic amines is 1. The highest BCUT2D eigenvalue weighted by atomic mass is 14.7. The summed E-state index contributed by atoms with van der Waals surface area (Å²) in [6, 6.07) is 18.9. The predicted octanol–water partition coefficient (Wildman–Crippen LogP) is 4.69. The van der Waals surface area contributed by atoms with Gasteiger partial charge in [-0.3, -0.25) is 4.98 Å². The number of rotatable bonds is 1. The quantitative estimate of drug-likeness (QED) is 0.527. The molecule has 0 aliphatic heterocycles. The molecule has 2 nitrogen and oxygen atoms in total. The van der Waals surface area contributed by atoms with Gasteiger partial charge in [0.1, 0.15) is 0 Å². The van der Waals surface area contributed by atoms with Gasteiger partial charge in [0.15, 0.2) is 0 Å². The lowest BCUT2D eigenvalue weighted by Crippen LogP contribution is -1.83. The Bertz CT molecular complexity index is 902. The Morgan fingerprint density at radius 3 is 2.50 bits per heavy atom. The molecule has 2 aromatic carbocycles. The van der Waals surface area contributed by atoms with Crippen molar-refractivity contribution >= 4 is 21.8 Å². The van der Waals surface area contributed by atoms with E-state index in [9.17, 15) is 0 Å². The van der Waals surface area contributed by atoms with E-state index in [4.69, 9.17) is 0 Å². The molecule has 2 heterocycles. The minimum absolute atomic E-state index is 1.00. The number of hydrogen-bond acceptors (Lipinski definition) is 1. The molecule has 4 aromatic rings. The number of pyridine rings is 1. The first-order valence-corrected chi connectivity index (χ1v) is 6.75. The van der Waals surface area contributed by atoms with Crippen molar-refractivity contribution < 1.29 is 0 Å². The van der Waals surface area contributed by atoms with Crippen LogP contribution in [0.4, 0.5) is 0 Å². The normalized spacial score (nSPS) is 11.2. The molecule has 0 atom stereocenters. The van der Waals surface area contributed by atoms with Crippen molar-refractivity contribution in [2.24, 2.45) is 0 Å². The fourth-order valence-corrected chi connectivity index (χ4v) is 2.63.